The van der Waals surface area contributed by atoms with Gasteiger partial charge in [0.05, 0.1) is 31.5 Å². The second kappa shape index (κ2) is 8.07. The highest BCUT2D eigenvalue weighted by atomic mass is 16.5. The fourth-order valence-electron chi connectivity index (χ4n) is 1.36. The number of amides is 1. The van der Waals surface area contributed by atoms with Gasteiger partial charge in [0.15, 0.2) is 0 Å². The van der Waals surface area contributed by atoms with Crippen LogP contribution in [0.2, 0.25) is 0 Å². The molecule has 1 aromatic rings. The first kappa shape index (κ1) is 14.9. The maximum Gasteiger partial charge on any atom is 0.306 e. The molecule has 0 unspecified atom stereocenters. The fourth-order valence-corrected chi connectivity index (χ4v) is 1.36. The molecule has 0 spiro atoms. The van der Waals surface area contributed by atoms with E-state index >= 15 is 0 Å². The van der Waals surface area contributed by atoms with Crippen LogP contribution in [0.15, 0.2) is 18.3 Å². The van der Waals surface area contributed by atoms with Gasteiger partial charge < -0.3 is 14.8 Å². The maximum atomic E-state index is 11.6. The van der Waals surface area contributed by atoms with E-state index in [4.69, 9.17) is 9.47 Å². The van der Waals surface area contributed by atoms with Crippen molar-refractivity contribution in [3.63, 3.8) is 0 Å². The van der Waals surface area contributed by atoms with Crippen molar-refractivity contribution in [2.24, 2.45) is 0 Å². The minimum absolute atomic E-state index is 0.0735. The molecule has 0 saturated heterocycles. The molecule has 1 amide bonds. The Morgan fingerprint density at radius 3 is 2.58 bits per heavy atom. The number of pyridine rings is 1. The van der Waals surface area contributed by atoms with Gasteiger partial charge in [0.1, 0.15) is 0 Å². The molecule has 6 nitrogen and oxygen atoms in total. The second-order valence-electron chi connectivity index (χ2n) is 3.67. The van der Waals surface area contributed by atoms with E-state index in [1.165, 1.54) is 6.20 Å². The van der Waals surface area contributed by atoms with Crippen LogP contribution in [0.3, 0.4) is 0 Å². The highest BCUT2D eigenvalue weighted by Crippen LogP contribution is 2.12. The van der Waals surface area contributed by atoms with Crippen LogP contribution in [0.4, 0.5) is 5.69 Å². The van der Waals surface area contributed by atoms with Crippen molar-refractivity contribution in [3.8, 4) is 5.88 Å². The molecule has 1 heterocycles. The molecule has 0 aromatic carbocycles. The smallest absolute Gasteiger partial charge is 0.306 e. The lowest BCUT2D eigenvalue weighted by Crippen LogP contribution is -2.14. The van der Waals surface area contributed by atoms with Crippen LogP contribution in [0.5, 0.6) is 5.88 Å². The van der Waals surface area contributed by atoms with Crippen molar-refractivity contribution in [2.45, 2.75) is 26.7 Å². The first-order valence-corrected chi connectivity index (χ1v) is 6.20. The standard InChI is InChI=1S/C13H18N2O4/c1-3-18-12-7-5-10(9-14-12)15-11(16)6-8-13(17)19-4-2/h5,7,9H,3-4,6,8H2,1-2H3,(H,15,16). The van der Waals surface area contributed by atoms with E-state index in [1.54, 1.807) is 19.1 Å². The Balaban J connectivity index is 2.37. The molecule has 0 atom stereocenters. The number of ether oxygens (including phenoxy) is 2. The lowest BCUT2D eigenvalue weighted by Gasteiger charge is -2.06. The van der Waals surface area contributed by atoms with Gasteiger partial charge in [-0.25, -0.2) is 4.98 Å². The molecule has 19 heavy (non-hydrogen) atoms. The van der Waals surface area contributed by atoms with Gasteiger partial charge in [-0.05, 0) is 19.9 Å². The van der Waals surface area contributed by atoms with Gasteiger partial charge in [-0.15, -0.1) is 0 Å². The monoisotopic (exact) mass is 266 g/mol. The topological polar surface area (TPSA) is 77.5 Å². The molecule has 0 aliphatic heterocycles. The second-order valence-corrected chi connectivity index (χ2v) is 3.67. The average Bonchev–Trinajstić information content (AvgIpc) is 2.39. The SMILES string of the molecule is CCOC(=O)CCC(=O)Nc1ccc(OCC)nc1. The van der Waals surface area contributed by atoms with Gasteiger partial charge in [-0.1, -0.05) is 0 Å². The highest BCUT2D eigenvalue weighted by molar-refractivity contribution is 5.92. The molecule has 0 aliphatic rings. The Bertz CT molecular complexity index is 417. The third-order valence-electron chi connectivity index (χ3n) is 2.17. The Kier molecular flexibility index (Phi) is 6.35. The molecule has 0 bridgehead atoms. The number of carbonyl (C=O) groups excluding carboxylic acids is 2. The summed E-state index contributed by atoms with van der Waals surface area (Å²) < 4.78 is 9.92. The van der Waals surface area contributed by atoms with Crippen molar-refractivity contribution in [3.05, 3.63) is 18.3 Å². The lowest BCUT2D eigenvalue weighted by atomic mass is 10.3. The molecule has 0 radical (unpaired) electrons. The Morgan fingerprint density at radius 1 is 1.21 bits per heavy atom. The Hall–Kier alpha value is -2.11. The third-order valence-corrected chi connectivity index (χ3v) is 2.17. The summed E-state index contributed by atoms with van der Waals surface area (Å²) in [6, 6.07) is 3.37. The van der Waals surface area contributed by atoms with Gasteiger partial charge in [-0.3, -0.25) is 9.59 Å². The maximum absolute atomic E-state index is 11.6. The summed E-state index contributed by atoms with van der Waals surface area (Å²) in [5, 5.41) is 2.64. The summed E-state index contributed by atoms with van der Waals surface area (Å²) >= 11 is 0. The summed E-state index contributed by atoms with van der Waals surface area (Å²) in [5.74, 6) is -0.117. The number of rotatable bonds is 7. The van der Waals surface area contributed by atoms with Gasteiger partial charge in [0.2, 0.25) is 11.8 Å². The summed E-state index contributed by atoms with van der Waals surface area (Å²) in [4.78, 5) is 26.7. The fraction of sp³-hybridized carbons (Fsp3) is 0.462. The zero-order valence-electron chi connectivity index (χ0n) is 11.1. The zero-order chi connectivity index (χ0) is 14.1. The third kappa shape index (κ3) is 5.85. The molecule has 1 N–H and O–H groups in total. The number of nitrogens with one attached hydrogen (secondary N) is 1. The zero-order valence-corrected chi connectivity index (χ0v) is 11.1. The number of anilines is 1. The van der Waals surface area contributed by atoms with Gasteiger partial charge >= 0.3 is 5.97 Å². The van der Waals surface area contributed by atoms with Crippen LogP contribution in [-0.4, -0.2) is 30.1 Å². The van der Waals surface area contributed by atoms with E-state index in [2.05, 4.69) is 10.3 Å². The predicted molar refractivity (Wildman–Crippen MR) is 69.9 cm³/mol. The average molecular weight is 266 g/mol. The Morgan fingerprint density at radius 2 is 2.00 bits per heavy atom. The van der Waals surface area contributed by atoms with Gasteiger partial charge in [0.25, 0.3) is 0 Å². The molecule has 1 aromatic heterocycles. The number of nitrogens with zero attached hydrogens (tertiary/aromatic N) is 1. The van der Waals surface area contributed by atoms with Crippen LogP contribution >= 0.6 is 0 Å². The molecule has 0 saturated carbocycles. The van der Waals surface area contributed by atoms with Crippen molar-refractivity contribution in [1.82, 2.24) is 4.98 Å². The molecule has 104 valence electrons. The van der Waals surface area contributed by atoms with Crippen molar-refractivity contribution in [1.29, 1.82) is 0 Å². The lowest BCUT2D eigenvalue weighted by molar-refractivity contribution is -0.144. The first-order chi connectivity index (χ1) is 9.15. The number of hydrogen-bond donors (Lipinski definition) is 1. The number of hydrogen-bond acceptors (Lipinski definition) is 5. The molecular weight excluding hydrogens is 248 g/mol. The van der Waals surface area contributed by atoms with E-state index in [9.17, 15) is 9.59 Å². The largest absolute Gasteiger partial charge is 0.478 e. The van der Waals surface area contributed by atoms with Crippen LogP contribution in [0, 0.1) is 0 Å². The van der Waals surface area contributed by atoms with E-state index in [-0.39, 0.29) is 24.7 Å². The molecule has 1 rings (SSSR count). The van der Waals surface area contributed by atoms with E-state index in [1.807, 2.05) is 6.92 Å². The summed E-state index contributed by atoms with van der Waals surface area (Å²) in [7, 11) is 0. The van der Waals surface area contributed by atoms with Gasteiger partial charge in [0, 0.05) is 12.5 Å². The Labute approximate surface area is 112 Å². The van der Waals surface area contributed by atoms with Crippen LogP contribution in [0.25, 0.3) is 0 Å². The van der Waals surface area contributed by atoms with Crippen molar-refractivity contribution >= 4 is 17.6 Å². The summed E-state index contributed by atoms with van der Waals surface area (Å²) in [6.45, 7) is 4.46. The highest BCUT2D eigenvalue weighted by Gasteiger charge is 2.08. The predicted octanol–water partition coefficient (Wildman–Crippen LogP) is 1.76. The van der Waals surface area contributed by atoms with Crippen LogP contribution < -0.4 is 10.1 Å². The number of aromatic nitrogens is 1. The molecule has 0 fully saturated rings. The van der Waals surface area contributed by atoms with Crippen LogP contribution in [-0.2, 0) is 14.3 Å². The molecular formula is C13H18N2O4. The number of carbonyl (C=O) groups is 2. The van der Waals surface area contributed by atoms with E-state index in [0.29, 0.717) is 24.8 Å². The summed E-state index contributed by atoms with van der Waals surface area (Å²) in [6.07, 6.45) is 1.67. The van der Waals surface area contributed by atoms with Crippen molar-refractivity contribution in [2.75, 3.05) is 18.5 Å². The minimum atomic E-state index is -0.373. The first-order valence-electron chi connectivity index (χ1n) is 6.20. The number of esters is 1. The van der Waals surface area contributed by atoms with Crippen LogP contribution in [0.1, 0.15) is 26.7 Å². The normalized spacial score (nSPS) is 9.79. The van der Waals surface area contributed by atoms with Crippen molar-refractivity contribution < 1.29 is 19.1 Å². The van der Waals surface area contributed by atoms with E-state index < -0.39 is 0 Å². The van der Waals surface area contributed by atoms with E-state index in [0.717, 1.165) is 0 Å². The molecule has 6 heteroatoms. The quantitative estimate of drug-likeness (QED) is 0.761. The molecule has 0 aliphatic carbocycles. The minimum Gasteiger partial charge on any atom is -0.478 e. The summed E-state index contributed by atoms with van der Waals surface area (Å²) in [5.41, 5.74) is 0.567. The van der Waals surface area contributed by atoms with Gasteiger partial charge in [-0.2, -0.15) is 0 Å².